The van der Waals surface area contributed by atoms with Gasteiger partial charge in [0.25, 0.3) is 0 Å². The van der Waals surface area contributed by atoms with Gasteiger partial charge in [-0.05, 0) is 50.2 Å². The summed E-state index contributed by atoms with van der Waals surface area (Å²) in [5.41, 5.74) is 3.12. The lowest BCUT2D eigenvalue weighted by Crippen LogP contribution is -2.16. The van der Waals surface area contributed by atoms with Crippen molar-refractivity contribution < 1.29 is 4.79 Å². The molecule has 1 aliphatic rings. The highest BCUT2D eigenvalue weighted by atomic mass is 16.1. The number of hydrogen-bond donors (Lipinski definition) is 1. The summed E-state index contributed by atoms with van der Waals surface area (Å²) in [5.74, 6) is 2.75. The largest absolute Gasteiger partial charge is 0.326 e. The highest BCUT2D eigenvalue weighted by Crippen LogP contribution is 2.37. The molecule has 26 heavy (non-hydrogen) atoms. The van der Waals surface area contributed by atoms with E-state index in [0.29, 0.717) is 24.8 Å². The molecule has 0 radical (unpaired) electrons. The van der Waals surface area contributed by atoms with Gasteiger partial charge in [0, 0.05) is 31.0 Å². The van der Waals surface area contributed by atoms with Gasteiger partial charge in [0.15, 0.2) is 0 Å². The van der Waals surface area contributed by atoms with Crippen molar-refractivity contribution >= 4 is 11.6 Å². The Morgan fingerprint density at radius 2 is 1.77 bits per heavy atom. The van der Waals surface area contributed by atoms with Gasteiger partial charge in [0.1, 0.15) is 11.6 Å². The van der Waals surface area contributed by atoms with Crippen LogP contribution in [0.4, 0.5) is 5.69 Å². The van der Waals surface area contributed by atoms with Crippen molar-refractivity contribution in [1.82, 2.24) is 14.8 Å². The minimum atomic E-state index is 0.0384. The van der Waals surface area contributed by atoms with Gasteiger partial charge in [0.2, 0.25) is 5.91 Å². The van der Waals surface area contributed by atoms with Gasteiger partial charge in [-0.2, -0.15) is 0 Å². The highest BCUT2D eigenvalue weighted by molar-refractivity contribution is 5.92. The first-order valence-electron chi connectivity index (χ1n) is 9.74. The Morgan fingerprint density at radius 1 is 1.15 bits per heavy atom. The Hall–Kier alpha value is -2.17. The smallest absolute Gasteiger partial charge is 0.224 e. The van der Waals surface area contributed by atoms with Crippen LogP contribution in [0.1, 0.15) is 68.3 Å². The van der Waals surface area contributed by atoms with E-state index in [4.69, 9.17) is 0 Å². The van der Waals surface area contributed by atoms with Crippen LogP contribution >= 0.6 is 0 Å². The molecule has 1 heterocycles. The van der Waals surface area contributed by atoms with Crippen LogP contribution in [-0.2, 0) is 17.6 Å². The Bertz CT molecular complexity index is 754. The first-order valence-corrected chi connectivity index (χ1v) is 9.74. The molecular formula is C21H30N4O. The number of para-hydroxylation sites is 1. The Kier molecular flexibility index (Phi) is 5.74. The second-order valence-electron chi connectivity index (χ2n) is 7.88. The van der Waals surface area contributed by atoms with Gasteiger partial charge >= 0.3 is 0 Å². The first-order chi connectivity index (χ1) is 12.5. The van der Waals surface area contributed by atoms with Crippen molar-refractivity contribution in [1.29, 1.82) is 0 Å². The lowest BCUT2D eigenvalue weighted by Gasteiger charge is -2.12. The average molecular weight is 354 g/mol. The summed E-state index contributed by atoms with van der Waals surface area (Å²) >= 11 is 0. The van der Waals surface area contributed by atoms with Crippen molar-refractivity contribution in [3.8, 4) is 0 Å². The molecule has 1 aromatic heterocycles. The zero-order valence-corrected chi connectivity index (χ0v) is 16.4. The van der Waals surface area contributed by atoms with Crippen LogP contribution < -0.4 is 5.32 Å². The van der Waals surface area contributed by atoms with Crippen molar-refractivity contribution in [3.05, 3.63) is 41.0 Å². The molecule has 1 N–H and O–H groups in total. The second-order valence-corrected chi connectivity index (χ2v) is 7.88. The van der Waals surface area contributed by atoms with Crippen LogP contribution in [0.15, 0.2) is 18.2 Å². The van der Waals surface area contributed by atoms with E-state index in [2.05, 4.69) is 33.9 Å². The van der Waals surface area contributed by atoms with E-state index in [1.165, 1.54) is 12.8 Å². The number of amides is 1. The normalized spacial score (nSPS) is 14.0. The third-order valence-corrected chi connectivity index (χ3v) is 5.02. The maximum Gasteiger partial charge on any atom is 0.224 e. The molecule has 5 nitrogen and oxygen atoms in total. The predicted octanol–water partition coefficient (Wildman–Crippen LogP) is 4.39. The lowest BCUT2D eigenvalue weighted by atomic mass is 10.1. The van der Waals surface area contributed by atoms with Crippen LogP contribution in [-0.4, -0.2) is 20.7 Å². The molecule has 0 aliphatic heterocycles. The minimum Gasteiger partial charge on any atom is -0.326 e. The number of aryl methyl sites for hydroxylation is 4. The molecule has 1 amide bonds. The fourth-order valence-electron chi connectivity index (χ4n) is 3.31. The van der Waals surface area contributed by atoms with Crippen LogP contribution in [0.25, 0.3) is 0 Å². The first kappa shape index (κ1) is 18.6. The van der Waals surface area contributed by atoms with Gasteiger partial charge in [-0.3, -0.25) is 4.79 Å². The molecular weight excluding hydrogens is 324 g/mol. The number of aromatic nitrogens is 3. The number of anilines is 1. The summed E-state index contributed by atoms with van der Waals surface area (Å²) in [7, 11) is 0. The Morgan fingerprint density at radius 3 is 2.35 bits per heavy atom. The SMILES string of the molecule is Cc1cccc(C)c1NC(=O)CCc1nnc(CCC(C)C)n1C1CC1. The van der Waals surface area contributed by atoms with Crippen molar-refractivity contribution in [3.63, 3.8) is 0 Å². The van der Waals surface area contributed by atoms with E-state index in [1.54, 1.807) is 0 Å². The van der Waals surface area contributed by atoms with E-state index in [1.807, 2.05) is 32.0 Å². The number of hydrogen-bond acceptors (Lipinski definition) is 3. The summed E-state index contributed by atoms with van der Waals surface area (Å²) in [6.07, 6.45) is 5.57. The Balaban J connectivity index is 1.63. The molecule has 0 saturated heterocycles. The van der Waals surface area contributed by atoms with Crippen LogP contribution in [0.5, 0.6) is 0 Å². The summed E-state index contributed by atoms with van der Waals surface area (Å²) in [4.78, 5) is 12.4. The Labute approximate surface area is 156 Å². The number of carbonyl (C=O) groups is 1. The zero-order valence-electron chi connectivity index (χ0n) is 16.4. The highest BCUT2D eigenvalue weighted by Gasteiger charge is 2.29. The monoisotopic (exact) mass is 354 g/mol. The molecule has 0 atom stereocenters. The minimum absolute atomic E-state index is 0.0384. The zero-order chi connectivity index (χ0) is 18.7. The van der Waals surface area contributed by atoms with Gasteiger partial charge in [-0.1, -0.05) is 32.0 Å². The van der Waals surface area contributed by atoms with Crippen molar-refractivity contribution in [2.24, 2.45) is 5.92 Å². The quantitative estimate of drug-likeness (QED) is 0.765. The molecule has 140 valence electrons. The second kappa shape index (κ2) is 8.02. The summed E-state index contributed by atoms with van der Waals surface area (Å²) < 4.78 is 2.30. The molecule has 5 heteroatoms. The lowest BCUT2D eigenvalue weighted by molar-refractivity contribution is -0.116. The standard InChI is InChI=1S/C21H30N4O/c1-14(2)8-11-18-23-24-19(25(18)17-9-10-17)12-13-20(26)22-21-15(3)6-5-7-16(21)4/h5-7,14,17H,8-13H2,1-4H3,(H,22,26). The molecule has 1 saturated carbocycles. The number of rotatable bonds is 8. The molecule has 1 aromatic carbocycles. The molecule has 1 fully saturated rings. The van der Waals surface area contributed by atoms with Gasteiger partial charge < -0.3 is 9.88 Å². The molecule has 2 aromatic rings. The molecule has 0 bridgehead atoms. The summed E-state index contributed by atoms with van der Waals surface area (Å²) in [6, 6.07) is 6.60. The number of benzene rings is 1. The number of nitrogens with one attached hydrogen (secondary N) is 1. The van der Waals surface area contributed by atoms with Gasteiger partial charge in [-0.15, -0.1) is 10.2 Å². The fourth-order valence-corrected chi connectivity index (χ4v) is 3.31. The maximum absolute atomic E-state index is 12.4. The van der Waals surface area contributed by atoms with Crippen LogP contribution in [0, 0.1) is 19.8 Å². The van der Waals surface area contributed by atoms with E-state index in [0.717, 1.165) is 41.3 Å². The molecule has 1 aliphatic carbocycles. The van der Waals surface area contributed by atoms with E-state index < -0.39 is 0 Å². The maximum atomic E-state index is 12.4. The molecule has 0 spiro atoms. The molecule has 0 unspecified atom stereocenters. The molecule has 3 rings (SSSR count). The van der Waals surface area contributed by atoms with Crippen LogP contribution in [0.3, 0.4) is 0 Å². The van der Waals surface area contributed by atoms with Crippen molar-refractivity contribution in [2.75, 3.05) is 5.32 Å². The van der Waals surface area contributed by atoms with Gasteiger partial charge in [-0.25, -0.2) is 0 Å². The summed E-state index contributed by atoms with van der Waals surface area (Å²) in [6.45, 7) is 8.51. The predicted molar refractivity (Wildman–Crippen MR) is 104 cm³/mol. The van der Waals surface area contributed by atoms with E-state index in [-0.39, 0.29) is 5.91 Å². The number of nitrogens with zero attached hydrogens (tertiary/aromatic N) is 3. The van der Waals surface area contributed by atoms with Crippen LogP contribution in [0.2, 0.25) is 0 Å². The number of carbonyl (C=O) groups excluding carboxylic acids is 1. The topological polar surface area (TPSA) is 59.8 Å². The van der Waals surface area contributed by atoms with Gasteiger partial charge in [0.05, 0.1) is 0 Å². The fraction of sp³-hybridized carbons (Fsp3) is 0.571. The average Bonchev–Trinajstić information content (AvgIpc) is 3.35. The third kappa shape index (κ3) is 4.51. The van der Waals surface area contributed by atoms with E-state index >= 15 is 0 Å². The summed E-state index contributed by atoms with van der Waals surface area (Å²) in [5, 5.41) is 11.9. The third-order valence-electron chi connectivity index (χ3n) is 5.02. The van der Waals surface area contributed by atoms with E-state index in [9.17, 15) is 4.79 Å². The van der Waals surface area contributed by atoms with Crippen molar-refractivity contribution in [2.45, 2.75) is 72.3 Å².